The van der Waals surface area contributed by atoms with Gasteiger partial charge in [0.1, 0.15) is 0 Å². The average molecular weight is 330 g/mol. The second-order valence-electron chi connectivity index (χ2n) is 4.55. The molecule has 2 heterocycles. The Labute approximate surface area is 136 Å². The smallest absolute Gasteiger partial charge is 0.219 e. The first-order valence-corrected chi connectivity index (χ1v) is 7.31. The molecule has 0 atom stereocenters. The quantitative estimate of drug-likeness (QED) is 0.554. The summed E-state index contributed by atoms with van der Waals surface area (Å²) in [4.78, 5) is 0. The van der Waals surface area contributed by atoms with Crippen molar-refractivity contribution >= 4 is 18.4 Å². The third-order valence-electron chi connectivity index (χ3n) is 3.00. The molecular weight excluding hydrogens is 316 g/mol. The van der Waals surface area contributed by atoms with E-state index in [4.69, 9.17) is 21.4 Å². The van der Waals surface area contributed by atoms with E-state index in [-0.39, 0.29) is 5.75 Å². The van der Waals surface area contributed by atoms with Crippen molar-refractivity contribution in [2.24, 2.45) is 5.10 Å². The number of phenols is 1. The monoisotopic (exact) mass is 330 g/mol. The van der Waals surface area contributed by atoms with Crippen LogP contribution >= 0.6 is 12.2 Å². The average Bonchev–Trinajstić information content (AvgIpc) is 3.18. The summed E-state index contributed by atoms with van der Waals surface area (Å²) >= 11 is 5.18. The van der Waals surface area contributed by atoms with Crippen molar-refractivity contribution in [1.82, 2.24) is 14.9 Å². The lowest BCUT2D eigenvalue weighted by molar-refractivity contribution is 0.318. The van der Waals surface area contributed by atoms with Gasteiger partial charge >= 0.3 is 0 Å². The van der Waals surface area contributed by atoms with Gasteiger partial charge in [0.2, 0.25) is 10.6 Å². The maximum atomic E-state index is 9.71. The molecule has 0 radical (unpaired) electrons. The highest BCUT2D eigenvalue weighted by Crippen LogP contribution is 2.26. The number of nitrogens with zero attached hydrogens (tertiary/aromatic N) is 3. The molecule has 2 N–H and O–H groups in total. The van der Waals surface area contributed by atoms with E-state index in [1.54, 1.807) is 42.8 Å². The molecule has 1 aromatic carbocycles. The molecule has 0 unspecified atom stereocenters. The number of aromatic hydroxyl groups is 1. The molecule has 2 aromatic heterocycles. The van der Waals surface area contributed by atoms with E-state index < -0.39 is 0 Å². The number of ether oxygens (including phenoxy) is 1. The summed E-state index contributed by atoms with van der Waals surface area (Å²) in [6, 6.07) is 8.49. The highest BCUT2D eigenvalue weighted by atomic mass is 32.1. The van der Waals surface area contributed by atoms with Crippen LogP contribution in [0.15, 0.2) is 46.1 Å². The van der Waals surface area contributed by atoms with Crippen LogP contribution in [0.4, 0.5) is 0 Å². The molecule has 0 saturated carbocycles. The van der Waals surface area contributed by atoms with Crippen molar-refractivity contribution in [3.63, 3.8) is 0 Å². The lowest BCUT2D eigenvalue weighted by Crippen LogP contribution is -1.96. The zero-order valence-corrected chi connectivity index (χ0v) is 13.1. The Bertz CT molecular complexity index is 881. The highest BCUT2D eigenvalue weighted by Gasteiger charge is 2.10. The molecule has 3 rings (SSSR count). The second-order valence-corrected chi connectivity index (χ2v) is 4.93. The summed E-state index contributed by atoms with van der Waals surface area (Å²) in [6.45, 7) is 2.31. The van der Waals surface area contributed by atoms with Crippen molar-refractivity contribution in [1.29, 1.82) is 0 Å². The standard InChI is InChI=1S/C15H14N4O3S/c1-2-21-13-8-10(5-6-11(13)20)9-16-19-14(17-18-15(19)23)12-4-3-7-22-12/h3-9,20H,2H2,1H3,(H,18,23). The maximum Gasteiger partial charge on any atom is 0.219 e. The Kier molecular flexibility index (Phi) is 4.24. The van der Waals surface area contributed by atoms with Crippen molar-refractivity contribution < 1.29 is 14.3 Å². The van der Waals surface area contributed by atoms with Crippen molar-refractivity contribution in [2.75, 3.05) is 6.61 Å². The van der Waals surface area contributed by atoms with Crippen LogP contribution < -0.4 is 4.74 Å². The molecule has 23 heavy (non-hydrogen) atoms. The van der Waals surface area contributed by atoms with Crippen molar-refractivity contribution in [2.45, 2.75) is 6.92 Å². The lowest BCUT2D eigenvalue weighted by Gasteiger charge is -2.06. The predicted molar refractivity (Wildman–Crippen MR) is 87.4 cm³/mol. The predicted octanol–water partition coefficient (Wildman–Crippen LogP) is 3.19. The normalized spacial score (nSPS) is 11.2. The highest BCUT2D eigenvalue weighted by molar-refractivity contribution is 7.71. The number of hydrogen-bond acceptors (Lipinski definition) is 6. The summed E-state index contributed by atoms with van der Waals surface area (Å²) in [5.74, 6) is 1.51. The Balaban J connectivity index is 1.94. The van der Waals surface area contributed by atoms with Gasteiger partial charge in [-0.25, -0.2) is 5.10 Å². The molecule has 3 aromatic rings. The van der Waals surface area contributed by atoms with E-state index in [0.717, 1.165) is 5.56 Å². The number of aromatic nitrogens is 3. The number of H-pyrrole nitrogens is 1. The Morgan fingerprint density at radius 3 is 3.09 bits per heavy atom. The zero-order chi connectivity index (χ0) is 16.2. The summed E-state index contributed by atoms with van der Waals surface area (Å²) in [7, 11) is 0. The minimum Gasteiger partial charge on any atom is -0.504 e. The van der Waals surface area contributed by atoms with Crippen molar-refractivity contribution in [3.05, 3.63) is 46.9 Å². The minimum atomic E-state index is 0.0835. The molecule has 0 fully saturated rings. The molecule has 8 heteroatoms. The van der Waals surface area contributed by atoms with Crippen LogP contribution in [-0.4, -0.2) is 32.8 Å². The summed E-state index contributed by atoms with van der Waals surface area (Å²) in [5, 5.41) is 20.8. The molecule has 0 aliphatic carbocycles. The first kappa shape index (κ1) is 15.0. The molecule has 0 bridgehead atoms. The van der Waals surface area contributed by atoms with E-state index in [1.165, 1.54) is 4.68 Å². The van der Waals surface area contributed by atoms with Gasteiger partial charge in [0.05, 0.1) is 19.1 Å². The SMILES string of the molecule is CCOc1cc(C=Nn2c(-c3ccco3)n[nH]c2=S)ccc1O. The molecule has 0 aliphatic rings. The van der Waals surface area contributed by atoms with Gasteiger partial charge in [-0.2, -0.15) is 9.78 Å². The Morgan fingerprint density at radius 1 is 1.48 bits per heavy atom. The van der Waals surface area contributed by atoms with Gasteiger partial charge < -0.3 is 14.3 Å². The third-order valence-corrected chi connectivity index (χ3v) is 3.26. The number of nitrogens with one attached hydrogen (secondary N) is 1. The number of benzene rings is 1. The van der Waals surface area contributed by atoms with Crippen LogP contribution in [0.3, 0.4) is 0 Å². The van der Waals surface area contributed by atoms with E-state index in [0.29, 0.717) is 28.7 Å². The van der Waals surface area contributed by atoms with Crippen LogP contribution in [0.2, 0.25) is 0 Å². The third kappa shape index (κ3) is 3.16. The fraction of sp³-hybridized carbons (Fsp3) is 0.133. The number of furan rings is 1. The minimum absolute atomic E-state index is 0.0835. The fourth-order valence-electron chi connectivity index (χ4n) is 1.97. The molecule has 0 spiro atoms. The van der Waals surface area contributed by atoms with E-state index >= 15 is 0 Å². The van der Waals surface area contributed by atoms with Gasteiger partial charge in [0.15, 0.2) is 17.3 Å². The van der Waals surface area contributed by atoms with Gasteiger partial charge in [0.25, 0.3) is 0 Å². The van der Waals surface area contributed by atoms with Gasteiger partial charge in [-0.05, 0) is 55.0 Å². The van der Waals surface area contributed by atoms with Gasteiger partial charge in [-0.1, -0.05) is 0 Å². The van der Waals surface area contributed by atoms with E-state index in [2.05, 4.69) is 15.3 Å². The molecule has 118 valence electrons. The number of aromatic amines is 1. The first-order valence-electron chi connectivity index (χ1n) is 6.90. The Hall–Kier alpha value is -2.87. The van der Waals surface area contributed by atoms with Crippen molar-refractivity contribution in [3.8, 4) is 23.1 Å². The van der Waals surface area contributed by atoms with Crippen LogP contribution in [0.1, 0.15) is 12.5 Å². The van der Waals surface area contributed by atoms with Gasteiger partial charge in [-0.3, -0.25) is 0 Å². The number of rotatable bonds is 5. The summed E-state index contributed by atoms with van der Waals surface area (Å²) < 4.78 is 12.5. The topological polar surface area (TPSA) is 88.6 Å². The van der Waals surface area contributed by atoms with Crippen LogP contribution in [0, 0.1) is 4.77 Å². The summed E-state index contributed by atoms with van der Waals surface area (Å²) in [5.41, 5.74) is 0.750. The summed E-state index contributed by atoms with van der Waals surface area (Å²) in [6.07, 6.45) is 3.15. The molecule has 0 amide bonds. The second kappa shape index (κ2) is 6.49. The van der Waals surface area contributed by atoms with E-state index in [1.807, 2.05) is 6.92 Å². The van der Waals surface area contributed by atoms with Crippen LogP contribution in [0.5, 0.6) is 11.5 Å². The number of hydrogen-bond donors (Lipinski definition) is 2. The lowest BCUT2D eigenvalue weighted by atomic mass is 10.2. The molecule has 7 nitrogen and oxygen atoms in total. The fourth-order valence-corrected chi connectivity index (χ4v) is 2.15. The largest absolute Gasteiger partial charge is 0.504 e. The van der Waals surface area contributed by atoms with Gasteiger partial charge in [-0.15, -0.1) is 5.10 Å². The maximum absolute atomic E-state index is 9.71. The Morgan fingerprint density at radius 2 is 2.35 bits per heavy atom. The van der Waals surface area contributed by atoms with Crippen LogP contribution in [-0.2, 0) is 0 Å². The molecule has 0 saturated heterocycles. The molecule has 0 aliphatic heterocycles. The first-order chi connectivity index (χ1) is 11.2. The van der Waals surface area contributed by atoms with Gasteiger partial charge in [0, 0.05) is 0 Å². The molecular formula is C15H14N4O3S. The number of phenolic OH excluding ortho intramolecular Hbond substituents is 1. The zero-order valence-electron chi connectivity index (χ0n) is 12.3. The van der Waals surface area contributed by atoms with E-state index in [9.17, 15) is 5.11 Å². The van der Waals surface area contributed by atoms with Crippen LogP contribution in [0.25, 0.3) is 11.6 Å².